The van der Waals surface area contributed by atoms with Crippen molar-refractivity contribution in [1.82, 2.24) is 0 Å². The van der Waals surface area contributed by atoms with Gasteiger partial charge in [0, 0.05) is 0 Å². The van der Waals surface area contributed by atoms with E-state index in [0.717, 1.165) is 17.6 Å². The van der Waals surface area contributed by atoms with E-state index in [-0.39, 0.29) is 0 Å². The van der Waals surface area contributed by atoms with Gasteiger partial charge in [0.2, 0.25) is 0 Å². The third-order valence-electron chi connectivity index (χ3n) is 1.78. The number of benzene rings is 1. The lowest BCUT2D eigenvalue weighted by molar-refractivity contribution is 1.02. The summed E-state index contributed by atoms with van der Waals surface area (Å²) in [5.41, 5.74) is 7.23. The molecule has 0 spiro atoms. The highest BCUT2D eigenvalue weighted by Crippen LogP contribution is 2.30. The minimum Gasteiger partial charge on any atom is -0.330 e. The van der Waals surface area contributed by atoms with Crippen LogP contribution in [0.1, 0.15) is 12.0 Å². The number of hydrogen-bond acceptors (Lipinski definition) is 1. The Morgan fingerprint density at radius 2 is 2.08 bits per heavy atom. The molecule has 0 aliphatic heterocycles. The van der Waals surface area contributed by atoms with Crippen molar-refractivity contribution < 1.29 is 0 Å². The first-order valence-corrected chi connectivity index (χ1v) is 4.74. The standard InChI is InChI=1S/C10H11Cl2N/c1-7(5-6-13)8-3-2-4-9(11)10(8)12/h2-4H,1,5-6,13H2. The molecule has 0 aliphatic carbocycles. The highest BCUT2D eigenvalue weighted by molar-refractivity contribution is 6.43. The molecule has 0 bridgehead atoms. The zero-order valence-electron chi connectivity index (χ0n) is 7.19. The van der Waals surface area contributed by atoms with Crippen LogP contribution in [-0.2, 0) is 0 Å². The summed E-state index contributed by atoms with van der Waals surface area (Å²) >= 11 is 11.8. The Morgan fingerprint density at radius 1 is 1.38 bits per heavy atom. The topological polar surface area (TPSA) is 26.0 Å². The van der Waals surface area contributed by atoms with Crippen LogP contribution in [0.25, 0.3) is 5.57 Å². The fraction of sp³-hybridized carbons (Fsp3) is 0.200. The molecule has 70 valence electrons. The maximum atomic E-state index is 5.99. The van der Waals surface area contributed by atoms with E-state index in [2.05, 4.69) is 6.58 Å². The number of rotatable bonds is 3. The van der Waals surface area contributed by atoms with E-state index in [9.17, 15) is 0 Å². The molecular formula is C10H11Cl2N. The van der Waals surface area contributed by atoms with Gasteiger partial charge in [0.05, 0.1) is 10.0 Å². The molecule has 0 aromatic heterocycles. The molecule has 1 nitrogen and oxygen atoms in total. The van der Waals surface area contributed by atoms with Crippen molar-refractivity contribution in [3.05, 3.63) is 40.4 Å². The van der Waals surface area contributed by atoms with Crippen molar-refractivity contribution >= 4 is 28.8 Å². The second kappa shape index (κ2) is 4.66. The zero-order valence-corrected chi connectivity index (χ0v) is 8.70. The molecule has 1 aromatic carbocycles. The molecule has 0 unspecified atom stereocenters. The molecule has 0 heterocycles. The van der Waals surface area contributed by atoms with E-state index in [1.807, 2.05) is 12.1 Å². The van der Waals surface area contributed by atoms with Crippen LogP contribution in [0, 0.1) is 0 Å². The summed E-state index contributed by atoms with van der Waals surface area (Å²) in [7, 11) is 0. The molecule has 0 aliphatic rings. The first kappa shape index (κ1) is 10.6. The van der Waals surface area contributed by atoms with Gasteiger partial charge >= 0.3 is 0 Å². The number of nitrogens with two attached hydrogens (primary N) is 1. The van der Waals surface area contributed by atoms with Gasteiger partial charge in [-0.25, -0.2) is 0 Å². The molecule has 0 atom stereocenters. The van der Waals surface area contributed by atoms with Gasteiger partial charge in [0.1, 0.15) is 0 Å². The summed E-state index contributed by atoms with van der Waals surface area (Å²) in [5.74, 6) is 0. The molecule has 3 heteroatoms. The Hall–Kier alpha value is -0.500. The van der Waals surface area contributed by atoms with Crippen molar-refractivity contribution in [2.24, 2.45) is 5.73 Å². The highest BCUT2D eigenvalue weighted by Gasteiger charge is 2.06. The maximum Gasteiger partial charge on any atom is 0.0667 e. The van der Waals surface area contributed by atoms with E-state index in [4.69, 9.17) is 28.9 Å². The van der Waals surface area contributed by atoms with E-state index in [1.165, 1.54) is 0 Å². The monoisotopic (exact) mass is 215 g/mol. The summed E-state index contributed by atoms with van der Waals surface area (Å²) in [5, 5.41) is 1.11. The molecule has 1 rings (SSSR count). The van der Waals surface area contributed by atoms with Gasteiger partial charge in [-0.1, -0.05) is 41.9 Å². The van der Waals surface area contributed by atoms with Crippen molar-refractivity contribution in [2.45, 2.75) is 6.42 Å². The SMILES string of the molecule is C=C(CCN)c1cccc(Cl)c1Cl. The highest BCUT2D eigenvalue weighted by atomic mass is 35.5. The lowest BCUT2D eigenvalue weighted by atomic mass is 10.1. The normalized spacial score (nSPS) is 10.1. The largest absolute Gasteiger partial charge is 0.330 e. The van der Waals surface area contributed by atoms with Crippen LogP contribution in [0.3, 0.4) is 0 Å². The smallest absolute Gasteiger partial charge is 0.0667 e. The summed E-state index contributed by atoms with van der Waals surface area (Å²) in [4.78, 5) is 0. The summed E-state index contributed by atoms with van der Waals surface area (Å²) < 4.78 is 0. The van der Waals surface area contributed by atoms with Gasteiger partial charge in [-0.2, -0.15) is 0 Å². The lowest BCUT2D eigenvalue weighted by Gasteiger charge is -2.07. The average Bonchev–Trinajstić information content (AvgIpc) is 2.10. The van der Waals surface area contributed by atoms with E-state index >= 15 is 0 Å². The Kier molecular flexibility index (Phi) is 3.79. The van der Waals surface area contributed by atoms with Crippen LogP contribution in [-0.4, -0.2) is 6.54 Å². The van der Waals surface area contributed by atoms with Crippen molar-refractivity contribution in [3.8, 4) is 0 Å². The molecule has 0 fully saturated rings. The molecule has 13 heavy (non-hydrogen) atoms. The lowest BCUT2D eigenvalue weighted by Crippen LogP contribution is -1.99. The Bertz CT molecular complexity index is 321. The Labute approximate surface area is 88.1 Å². The molecule has 0 saturated carbocycles. The van der Waals surface area contributed by atoms with Gasteiger partial charge in [-0.15, -0.1) is 0 Å². The van der Waals surface area contributed by atoms with Crippen LogP contribution >= 0.6 is 23.2 Å². The van der Waals surface area contributed by atoms with E-state index in [0.29, 0.717) is 16.6 Å². The first-order valence-electron chi connectivity index (χ1n) is 3.99. The van der Waals surface area contributed by atoms with Gasteiger partial charge in [0.25, 0.3) is 0 Å². The number of hydrogen-bond donors (Lipinski definition) is 1. The predicted octanol–water partition coefficient (Wildman–Crippen LogP) is 3.36. The fourth-order valence-corrected chi connectivity index (χ4v) is 1.52. The van der Waals surface area contributed by atoms with Crippen molar-refractivity contribution in [1.29, 1.82) is 0 Å². The van der Waals surface area contributed by atoms with Crippen LogP contribution in [0.2, 0.25) is 10.0 Å². The van der Waals surface area contributed by atoms with Gasteiger partial charge in [-0.3, -0.25) is 0 Å². The fourth-order valence-electron chi connectivity index (χ4n) is 1.09. The van der Waals surface area contributed by atoms with Crippen LogP contribution in [0.15, 0.2) is 24.8 Å². The molecule has 0 radical (unpaired) electrons. The molecule has 2 N–H and O–H groups in total. The Balaban J connectivity index is 3.01. The minimum absolute atomic E-state index is 0.553. The van der Waals surface area contributed by atoms with Crippen LogP contribution in [0.4, 0.5) is 0 Å². The van der Waals surface area contributed by atoms with Gasteiger partial charge in [0.15, 0.2) is 0 Å². The van der Waals surface area contributed by atoms with Crippen molar-refractivity contribution in [3.63, 3.8) is 0 Å². The van der Waals surface area contributed by atoms with Crippen molar-refractivity contribution in [2.75, 3.05) is 6.54 Å². The van der Waals surface area contributed by atoms with E-state index < -0.39 is 0 Å². The third-order valence-corrected chi connectivity index (χ3v) is 2.60. The second-order valence-corrected chi connectivity index (χ2v) is 3.53. The zero-order chi connectivity index (χ0) is 9.84. The maximum absolute atomic E-state index is 5.99. The third kappa shape index (κ3) is 2.47. The van der Waals surface area contributed by atoms with E-state index in [1.54, 1.807) is 6.07 Å². The van der Waals surface area contributed by atoms with Crippen LogP contribution in [0.5, 0.6) is 0 Å². The summed E-state index contributed by atoms with van der Waals surface area (Å²) in [6, 6.07) is 5.50. The van der Waals surface area contributed by atoms with Crippen LogP contribution < -0.4 is 5.73 Å². The first-order chi connectivity index (χ1) is 6.16. The molecule has 0 saturated heterocycles. The second-order valence-electron chi connectivity index (χ2n) is 2.74. The molecule has 1 aromatic rings. The minimum atomic E-state index is 0.553. The van der Waals surface area contributed by atoms with Gasteiger partial charge < -0.3 is 5.73 Å². The quantitative estimate of drug-likeness (QED) is 0.823. The summed E-state index contributed by atoms with van der Waals surface area (Å²) in [6.45, 7) is 4.46. The number of halogens is 2. The predicted molar refractivity (Wildman–Crippen MR) is 59.2 cm³/mol. The average molecular weight is 216 g/mol. The Morgan fingerprint density at radius 3 is 2.69 bits per heavy atom. The molecular weight excluding hydrogens is 205 g/mol. The summed E-state index contributed by atoms with van der Waals surface area (Å²) in [6.07, 6.45) is 0.736. The molecule has 0 amide bonds. The van der Waals surface area contributed by atoms with Gasteiger partial charge in [-0.05, 0) is 30.2 Å².